The van der Waals surface area contributed by atoms with Gasteiger partial charge in [0.2, 0.25) is 0 Å². The molecule has 0 saturated carbocycles. The van der Waals surface area contributed by atoms with E-state index >= 15 is 0 Å². The first kappa shape index (κ1) is 10.0. The zero-order chi connectivity index (χ0) is 9.14. The monoisotopic (exact) mass is 222 g/mol. The van der Waals surface area contributed by atoms with Crippen molar-refractivity contribution in [2.75, 3.05) is 0 Å². The van der Waals surface area contributed by atoms with Crippen molar-refractivity contribution >= 4 is 34.5 Å². The van der Waals surface area contributed by atoms with Gasteiger partial charge in [0, 0.05) is 5.56 Å². The van der Waals surface area contributed by atoms with Gasteiger partial charge in [-0.15, -0.1) is 17.9 Å². The van der Waals surface area contributed by atoms with Crippen LogP contribution in [0, 0.1) is 0 Å². The van der Waals surface area contributed by atoms with Crippen LogP contribution in [-0.4, -0.2) is 0 Å². The lowest BCUT2D eigenvalue weighted by molar-refractivity contribution is 0.659. The summed E-state index contributed by atoms with van der Waals surface area (Å²) in [5.74, 6) is 5.28. The fraction of sp³-hybridized carbons (Fsp3) is 0.143. The lowest BCUT2D eigenvalue weighted by atomic mass is 10.2. The highest BCUT2D eigenvalue weighted by molar-refractivity contribution is 7.20. The minimum absolute atomic E-state index is 0.138. The molecule has 0 bridgehead atoms. The lowest BCUT2D eigenvalue weighted by Crippen LogP contribution is -2.26. The molecule has 1 rings (SSSR count). The number of hydrogen-bond donors (Lipinski definition) is 2. The highest BCUT2D eigenvalue weighted by Gasteiger charge is 2.12. The van der Waals surface area contributed by atoms with E-state index in [2.05, 4.69) is 12.0 Å². The van der Waals surface area contributed by atoms with Crippen LogP contribution < -0.4 is 11.3 Å². The van der Waals surface area contributed by atoms with Gasteiger partial charge in [0.05, 0.1) is 14.7 Å². The molecule has 5 heteroatoms. The van der Waals surface area contributed by atoms with E-state index in [1.54, 1.807) is 12.1 Å². The number of halogens is 2. The van der Waals surface area contributed by atoms with Crippen molar-refractivity contribution in [3.63, 3.8) is 0 Å². The molecule has 0 spiro atoms. The molecular weight excluding hydrogens is 215 g/mol. The third kappa shape index (κ3) is 2.00. The molecule has 1 aromatic heterocycles. The van der Waals surface area contributed by atoms with Crippen molar-refractivity contribution < 1.29 is 0 Å². The van der Waals surface area contributed by atoms with Crippen LogP contribution >= 0.6 is 34.5 Å². The van der Waals surface area contributed by atoms with Gasteiger partial charge in [-0.25, -0.2) is 5.43 Å². The van der Waals surface area contributed by atoms with Crippen molar-refractivity contribution in [1.82, 2.24) is 5.43 Å². The van der Waals surface area contributed by atoms with Crippen molar-refractivity contribution in [1.29, 1.82) is 0 Å². The van der Waals surface area contributed by atoms with Crippen LogP contribution in [0.15, 0.2) is 18.7 Å². The summed E-state index contributed by atoms with van der Waals surface area (Å²) < 4.78 is 1.29. The van der Waals surface area contributed by atoms with Crippen LogP contribution in [-0.2, 0) is 0 Å². The average molecular weight is 223 g/mol. The van der Waals surface area contributed by atoms with Crippen LogP contribution in [0.1, 0.15) is 11.6 Å². The second kappa shape index (κ2) is 4.25. The van der Waals surface area contributed by atoms with Gasteiger partial charge in [-0.2, -0.15) is 0 Å². The number of hydrogen-bond acceptors (Lipinski definition) is 3. The molecule has 2 nitrogen and oxygen atoms in total. The second-order valence-electron chi connectivity index (χ2n) is 2.16. The zero-order valence-corrected chi connectivity index (χ0v) is 8.51. The van der Waals surface area contributed by atoms with Crippen LogP contribution in [0.4, 0.5) is 0 Å². The summed E-state index contributed by atoms with van der Waals surface area (Å²) in [5, 5.41) is 0. The van der Waals surface area contributed by atoms with Crippen LogP contribution in [0.3, 0.4) is 0 Å². The van der Waals surface area contributed by atoms with E-state index in [1.165, 1.54) is 11.3 Å². The van der Waals surface area contributed by atoms with E-state index in [0.717, 1.165) is 5.56 Å². The maximum atomic E-state index is 5.89. The first-order valence-electron chi connectivity index (χ1n) is 3.22. The summed E-state index contributed by atoms with van der Waals surface area (Å²) in [6.07, 6.45) is 1.67. The Balaban J connectivity index is 2.99. The molecule has 1 unspecified atom stereocenters. The van der Waals surface area contributed by atoms with Crippen molar-refractivity contribution in [3.05, 3.63) is 33.0 Å². The molecule has 1 atom stereocenters. The SMILES string of the molecule is C=CC(NN)c1cc(Cl)sc1Cl. The molecule has 1 heterocycles. The maximum absolute atomic E-state index is 5.89. The van der Waals surface area contributed by atoms with E-state index < -0.39 is 0 Å². The predicted molar refractivity (Wildman–Crippen MR) is 54.6 cm³/mol. The molecule has 3 N–H and O–H groups in total. The van der Waals surface area contributed by atoms with E-state index in [-0.39, 0.29) is 6.04 Å². The molecule has 0 aliphatic rings. The molecular formula is C7H8Cl2N2S. The minimum Gasteiger partial charge on any atom is -0.271 e. The van der Waals surface area contributed by atoms with Gasteiger partial charge < -0.3 is 0 Å². The van der Waals surface area contributed by atoms with Gasteiger partial charge in [0.25, 0.3) is 0 Å². The van der Waals surface area contributed by atoms with E-state index in [0.29, 0.717) is 8.67 Å². The lowest BCUT2D eigenvalue weighted by Gasteiger charge is -2.08. The largest absolute Gasteiger partial charge is 0.271 e. The quantitative estimate of drug-likeness (QED) is 0.469. The van der Waals surface area contributed by atoms with E-state index in [4.69, 9.17) is 29.0 Å². The minimum atomic E-state index is -0.138. The molecule has 0 aromatic carbocycles. The summed E-state index contributed by atoms with van der Waals surface area (Å²) in [6.45, 7) is 3.62. The number of nitrogens with two attached hydrogens (primary N) is 1. The predicted octanol–water partition coefficient (Wildman–Crippen LogP) is 2.75. The summed E-state index contributed by atoms with van der Waals surface area (Å²) in [6, 6.07) is 1.64. The Kier molecular flexibility index (Phi) is 3.55. The Hall–Kier alpha value is -0.0600. The molecule has 0 aliphatic carbocycles. The summed E-state index contributed by atoms with van der Waals surface area (Å²) in [4.78, 5) is 0. The standard InChI is InChI=1S/C7H8Cl2N2S/c1-2-5(11-10)4-3-6(8)12-7(4)9/h2-3,5,11H,1,10H2. The van der Waals surface area contributed by atoms with E-state index in [9.17, 15) is 0 Å². The first-order valence-corrected chi connectivity index (χ1v) is 4.79. The fourth-order valence-corrected chi connectivity index (χ4v) is 2.40. The van der Waals surface area contributed by atoms with Gasteiger partial charge in [0.15, 0.2) is 0 Å². The molecule has 66 valence electrons. The molecule has 0 saturated heterocycles. The number of hydrazine groups is 1. The van der Waals surface area contributed by atoms with Crippen LogP contribution in [0.2, 0.25) is 8.67 Å². The van der Waals surface area contributed by atoms with Gasteiger partial charge in [-0.05, 0) is 6.07 Å². The van der Waals surface area contributed by atoms with Gasteiger partial charge in [-0.1, -0.05) is 29.3 Å². The molecule has 0 amide bonds. The third-order valence-electron chi connectivity index (χ3n) is 1.43. The van der Waals surface area contributed by atoms with Gasteiger partial charge in [0.1, 0.15) is 0 Å². The Morgan fingerprint density at radius 3 is 2.67 bits per heavy atom. The second-order valence-corrected chi connectivity index (χ2v) is 4.45. The van der Waals surface area contributed by atoms with Crippen molar-refractivity contribution in [3.8, 4) is 0 Å². The number of nitrogens with one attached hydrogen (secondary N) is 1. The highest BCUT2D eigenvalue weighted by Crippen LogP contribution is 2.34. The molecule has 0 aliphatic heterocycles. The Morgan fingerprint density at radius 1 is 1.67 bits per heavy atom. The smallest absolute Gasteiger partial charge is 0.0995 e. The summed E-state index contributed by atoms with van der Waals surface area (Å²) in [5.41, 5.74) is 3.43. The number of thiophene rings is 1. The van der Waals surface area contributed by atoms with Crippen LogP contribution in [0.25, 0.3) is 0 Å². The molecule has 12 heavy (non-hydrogen) atoms. The Morgan fingerprint density at radius 2 is 2.33 bits per heavy atom. The average Bonchev–Trinajstić information content (AvgIpc) is 2.34. The number of rotatable bonds is 3. The van der Waals surface area contributed by atoms with Crippen LogP contribution in [0.5, 0.6) is 0 Å². The van der Waals surface area contributed by atoms with Crippen molar-refractivity contribution in [2.45, 2.75) is 6.04 Å². The normalized spacial score (nSPS) is 12.9. The topological polar surface area (TPSA) is 38.0 Å². The summed E-state index contributed by atoms with van der Waals surface area (Å²) >= 11 is 13.0. The van der Waals surface area contributed by atoms with E-state index in [1.807, 2.05) is 0 Å². The highest BCUT2D eigenvalue weighted by atomic mass is 35.5. The molecule has 0 radical (unpaired) electrons. The van der Waals surface area contributed by atoms with Crippen molar-refractivity contribution in [2.24, 2.45) is 5.84 Å². The zero-order valence-electron chi connectivity index (χ0n) is 6.18. The summed E-state index contributed by atoms with van der Waals surface area (Å²) in [7, 11) is 0. The maximum Gasteiger partial charge on any atom is 0.0995 e. The molecule has 0 fully saturated rings. The van der Waals surface area contributed by atoms with Gasteiger partial charge >= 0.3 is 0 Å². The first-order chi connectivity index (χ1) is 5.69. The third-order valence-corrected chi connectivity index (χ3v) is 2.95. The Labute approximate surface area is 84.9 Å². The fourth-order valence-electron chi connectivity index (χ4n) is 0.850. The Bertz CT molecular complexity index is 285. The molecule has 1 aromatic rings. The van der Waals surface area contributed by atoms with Gasteiger partial charge in [-0.3, -0.25) is 5.84 Å².